The summed E-state index contributed by atoms with van der Waals surface area (Å²) in [4.78, 5) is 23.5. The van der Waals surface area contributed by atoms with Gasteiger partial charge in [-0.25, -0.2) is 4.79 Å². The minimum absolute atomic E-state index is 0.0747. The third kappa shape index (κ3) is 3.72. The smallest absolute Gasteiger partial charge is 0.343 e. The highest BCUT2D eigenvalue weighted by Crippen LogP contribution is 2.25. The first-order valence-electron chi connectivity index (χ1n) is 5.97. The van der Waals surface area contributed by atoms with Crippen molar-refractivity contribution in [2.24, 2.45) is 5.73 Å². The number of nitrogens with two attached hydrogens (primary N) is 1. The van der Waals surface area contributed by atoms with Gasteiger partial charge in [0.05, 0.1) is 18.2 Å². The van der Waals surface area contributed by atoms with Crippen LogP contribution in [0.3, 0.4) is 0 Å². The van der Waals surface area contributed by atoms with Gasteiger partial charge >= 0.3 is 5.97 Å². The molecule has 0 bridgehead atoms. The average Bonchev–Trinajstić information content (AvgIpc) is 2.46. The maximum atomic E-state index is 12.1. The molecule has 1 amide bonds. The number of benzene rings is 2. The Hall–Kier alpha value is -2.09. The number of primary amides is 1. The van der Waals surface area contributed by atoms with E-state index in [1.54, 1.807) is 24.3 Å². The largest absolute Gasteiger partial charge is 0.497 e. The first-order valence-corrected chi connectivity index (χ1v) is 7.04. The Morgan fingerprint density at radius 3 is 2.52 bits per heavy atom. The van der Waals surface area contributed by atoms with Gasteiger partial charge < -0.3 is 15.2 Å². The van der Waals surface area contributed by atoms with Gasteiger partial charge in [0.25, 0.3) is 5.91 Å². The fraction of sp³-hybridized carbons (Fsp3) is 0.0667. The number of methoxy groups -OCH3 is 1. The molecule has 0 saturated carbocycles. The molecule has 0 saturated heterocycles. The Morgan fingerprint density at radius 1 is 1.14 bits per heavy atom. The van der Waals surface area contributed by atoms with Crippen LogP contribution in [0.5, 0.6) is 11.5 Å². The number of hydrogen-bond donors (Lipinski definition) is 1. The quantitative estimate of drug-likeness (QED) is 0.489. The summed E-state index contributed by atoms with van der Waals surface area (Å²) in [7, 11) is 1.48. The molecule has 0 aromatic heterocycles. The monoisotopic (exact) mass is 397 g/mol. The molecule has 5 nitrogen and oxygen atoms in total. The lowest BCUT2D eigenvalue weighted by Gasteiger charge is -2.10. The summed E-state index contributed by atoms with van der Waals surface area (Å²) in [6.45, 7) is 0. The third-order valence-corrected chi connectivity index (χ3v) is 3.39. The van der Waals surface area contributed by atoms with E-state index in [0.29, 0.717) is 11.3 Å². The zero-order valence-corrected chi connectivity index (χ0v) is 13.3. The zero-order chi connectivity index (χ0) is 15.4. The SMILES string of the molecule is COc1ccc(C(N)=O)c(OC(=O)c2cccc(I)c2)c1. The van der Waals surface area contributed by atoms with Gasteiger partial charge in [0.15, 0.2) is 0 Å². The second-order valence-electron chi connectivity index (χ2n) is 4.13. The molecule has 0 heterocycles. The van der Waals surface area contributed by atoms with Crippen molar-refractivity contribution in [1.29, 1.82) is 0 Å². The molecule has 0 fully saturated rings. The standard InChI is InChI=1S/C15H12INO4/c1-20-11-5-6-12(14(17)18)13(8-11)21-15(19)9-3-2-4-10(16)7-9/h2-8H,1H3,(H2,17,18). The molecule has 2 aromatic rings. The van der Waals surface area contributed by atoms with Crippen molar-refractivity contribution in [1.82, 2.24) is 0 Å². The van der Waals surface area contributed by atoms with Crippen LogP contribution in [-0.2, 0) is 0 Å². The van der Waals surface area contributed by atoms with Crippen molar-refractivity contribution in [3.8, 4) is 11.5 Å². The third-order valence-electron chi connectivity index (χ3n) is 2.72. The van der Waals surface area contributed by atoms with Crippen molar-refractivity contribution in [2.45, 2.75) is 0 Å². The van der Waals surface area contributed by atoms with Crippen LogP contribution < -0.4 is 15.2 Å². The molecular weight excluding hydrogens is 385 g/mol. The molecule has 0 aliphatic heterocycles. The van der Waals surface area contributed by atoms with Gasteiger partial charge in [-0.05, 0) is 52.9 Å². The Labute approximate surface area is 135 Å². The van der Waals surface area contributed by atoms with E-state index in [-0.39, 0.29) is 11.3 Å². The van der Waals surface area contributed by atoms with Crippen LogP contribution in [0.2, 0.25) is 0 Å². The number of halogens is 1. The number of carbonyl (C=O) groups excluding carboxylic acids is 2. The van der Waals surface area contributed by atoms with Crippen molar-refractivity contribution in [2.75, 3.05) is 7.11 Å². The van der Waals surface area contributed by atoms with Crippen LogP contribution in [0.25, 0.3) is 0 Å². The van der Waals surface area contributed by atoms with E-state index >= 15 is 0 Å². The Kier molecular flexibility index (Phi) is 4.79. The van der Waals surface area contributed by atoms with Crippen LogP contribution in [-0.4, -0.2) is 19.0 Å². The van der Waals surface area contributed by atoms with Crippen LogP contribution in [0.15, 0.2) is 42.5 Å². The van der Waals surface area contributed by atoms with Crippen LogP contribution in [0.1, 0.15) is 20.7 Å². The summed E-state index contributed by atoms with van der Waals surface area (Å²) >= 11 is 2.10. The van der Waals surface area contributed by atoms with Gasteiger partial charge in [0.1, 0.15) is 11.5 Å². The van der Waals surface area contributed by atoms with Gasteiger partial charge in [-0.3, -0.25) is 4.79 Å². The molecule has 108 valence electrons. The second-order valence-corrected chi connectivity index (χ2v) is 5.37. The average molecular weight is 397 g/mol. The highest BCUT2D eigenvalue weighted by atomic mass is 127. The summed E-state index contributed by atoms with van der Waals surface area (Å²) in [6, 6.07) is 11.4. The summed E-state index contributed by atoms with van der Waals surface area (Å²) < 4.78 is 11.2. The first-order chi connectivity index (χ1) is 10.0. The van der Waals surface area contributed by atoms with E-state index in [2.05, 4.69) is 22.6 Å². The Bertz CT molecular complexity index is 700. The number of rotatable bonds is 4. The molecule has 0 unspecified atom stereocenters. The molecule has 2 rings (SSSR count). The predicted octanol–water partition coefficient (Wildman–Crippen LogP) is 2.62. The minimum atomic E-state index is -0.678. The van der Waals surface area contributed by atoms with E-state index in [9.17, 15) is 9.59 Å². The number of ether oxygens (including phenoxy) is 2. The summed E-state index contributed by atoms with van der Waals surface area (Å²) in [5, 5.41) is 0. The van der Waals surface area contributed by atoms with Crippen LogP contribution >= 0.6 is 22.6 Å². The first kappa shape index (κ1) is 15.3. The molecule has 0 radical (unpaired) electrons. The maximum Gasteiger partial charge on any atom is 0.343 e. The lowest BCUT2D eigenvalue weighted by atomic mass is 10.1. The van der Waals surface area contributed by atoms with Gasteiger partial charge in [-0.1, -0.05) is 6.07 Å². The molecule has 2 N–H and O–H groups in total. The molecule has 2 aromatic carbocycles. The Balaban J connectivity index is 2.33. The fourth-order valence-electron chi connectivity index (χ4n) is 1.69. The van der Waals surface area contributed by atoms with Gasteiger partial charge in [-0.2, -0.15) is 0 Å². The fourth-order valence-corrected chi connectivity index (χ4v) is 2.23. The van der Waals surface area contributed by atoms with E-state index < -0.39 is 11.9 Å². The highest BCUT2D eigenvalue weighted by Gasteiger charge is 2.16. The molecular formula is C15H12INO4. The van der Waals surface area contributed by atoms with Crippen LogP contribution in [0, 0.1) is 3.57 Å². The van der Waals surface area contributed by atoms with E-state index in [0.717, 1.165) is 3.57 Å². The lowest BCUT2D eigenvalue weighted by molar-refractivity contribution is 0.0732. The van der Waals surface area contributed by atoms with Gasteiger partial charge in [0, 0.05) is 9.64 Å². The predicted molar refractivity (Wildman–Crippen MR) is 85.6 cm³/mol. The number of carbonyl (C=O) groups is 2. The zero-order valence-electron chi connectivity index (χ0n) is 11.1. The Morgan fingerprint density at radius 2 is 1.90 bits per heavy atom. The summed E-state index contributed by atoms with van der Waals surface area (Å²) in [6.07, 6.45) is 0. The number of amides is 1. The molecule has 0 aliphatic carbocycles. The molecule has 21 heavy (non-hydrogen) atoms. The van der Waals surface area contributed by atoms with Crippen LogP contribution in [0.4, 0.5) is 0 Å². The van der Waals surface area contributed by atoms with Crippen molar-refractivity contribution >= 4 is 34.5 Å². The van der Waals surface area contributed by atoms with Crippen molar-refractivity contribution in [3.05, 3.63) is 57.2 Å². The van der Waals surface area contributed by atoms with Gasteiger partial charge in [0.2, 0.25) is 0 Å². The van der Waals surface area contributed by atoms with E-state index in [4.69, 9.17) is 15.2 Å². The molecule has 0 aliphatic rings. The highest BCUT2D eigenvalue weighted by molar-refractivity contribution is 14.1. The number of esters is 1. The van der Waals surface area contributed by atoms with E-state index in [1.165, 1.54) is 19.2 Å². The molecule has 0 spiro atoms. The van der Waals surface area contributed by atoms with Crippen molar-refractivity contribution < 1.29 is 19.1 Å². The summed E-state index contributed by atoms with van der Waals surface area (Å²) in [5.74, 6) is -0.705. The molecule has 0 atom stereocenters. The topological polar surface area (TPSA) is 78.6 Å². The van der Waals surface area contributed by atoms with E-state index in [1.807, 2.05) is 6.07 Å². The second kappa shape index (κ2) is 6.57. The van der Waals surface area contributed by atoms with Gasteiger partial charge in [-0.15, -0.1) is 0 Å². The summed E-state index contributed by atoms with van der Waals surface area (Å²) in [5.41, 5.74) is 5.78. The normalized spacial score (nSPS) is 10.0. The molecule has 6 heteroatoms. The van der Waals surface area contributed by atoms with Crippen molar-refractivity contribution in [3.63, 3.8) is 0 Å². The minimum Gasteiger partial charge on any atom is -0.497 e. The number of hydrogen-bond acceptors (Lipinski definition) is 4. The lowest BCUT2D eigenvalue weighted by Crippen LogP contribution is -2.16. The maximum absolute atomic E-state index is 12.1.